The summed E-state index contributed by atoms with van der Waals surface area (Å²) < 4.78 is 9.58. The van der Waals surface area contributed by atoms with E-state index in [-0.39, 0.29) is 0 Å². The van der Waals surface area contributed by atoms with Gasteiger partial charge in [0, 0.05) is 0 Å². The van der Waals surface area contributed by atoms with Crippen LogP contribution in [-0.2, 0) is 19.1 Å². The van der Waals surface area contributed by atoms with Crippen molar-refractivity contribution >= 4 is 18.0 Å². The standard InChI is InChI=1S/C15H16O4/c1-8-5-6-9(2)12-10(8)7-11(14(16)18-3)13(12)15(17)19-4/h5-7,13H,1-4H3. The van der Waals surface area contributed by atoms with Crippen molar-refractivity contribution in [2.24, 2.45) is 0 Å². The first-order valence-corrected chi connectivity index (χ1v) is 5.99. The number of rotatable bonds is 2. The molecule has 0 radical (unpaired) electrons. The number of ether oxygens (including phenoxy) is 2. The van der Waals surface area contributed by atoms with Gasteiger partial charge in [0.05, 0.1) is 19.8 Å². The fourth-order valence-corrected chi connectivity index (χ4v) is 2.48. The molecule has 0 amide bonds. The molecule has 1 atom stereocenters. The molecular formula is C15H16O4. The smallest absolute Gasteiger partial charge is 0.334 e. The van der Waals surface area contributed by atoms with Gasteiger partial charge in [-0.2, -0.15) is 0 Å². The topological polar surface area (TPSA) is 52.6 Å². The molecule has 0 fully saturated rings. The average Bonchev–Trinajstić information content (AvgIpc) is 2.82. The number of methoxy groups -OCH3 is 2. The van der Waals surface area contributed by atoms with Crippen molar-refractivity contribution in [2.45, 2.75) is 19.8 Å². The van der Waals surface area contributed by atoms with Crippen LogP contribution in [0.5, 0.6) is 0 Å². The summed E-state index contributed by atoms with van der Waals surface area (Å²) in [6.07, 6.45) is 1.73. The van der Waals surface area contributed by atoms with Gasteiger partial charge in [-0.15, -0.1) is 0 Å². The molecule has 0 saturated carbocycles. The van der Waals surface area contributed by atoms with Crippen LogP contribution in [-0.4, -0.2) is 26.2 Å². The highest BCUT2D eigenvalue weighted by Gasteiger charge is 2.38. The summed E-state index contributed by atoms with van der Waals surface area (Å²) in [4.78, 5) is 23.8. The summed E-state index contributed by atoms with van der Waals surface area (Å²) in [6, 6.07) is 3.91. The Labute approximate surface area is 112 Å². The lowest BCUT2D eigenvalue weighted by molar-refractivity contribution is -0.144. The normalized spacial score (nSPS) is 16.6. The Balaban J connectivity index is 2.64. The van der Waals surface area contributed by atoms with E-state index in [1.165, 1.54) is 14.2 Å². The van der Waals surface area contributed by atoms with Gasteiger partial charge in [-0.25, -0.2) is 4.79 Å². The minimum absolute atomic E-state index is 0.335. The van der Waals surface area contributed by atoms with Crippen molar-refractivity contribution in [1.82, 2.24) is 0 Å². The molecular weight excluding hydrogens is 244 g/mol. The third-order valence-electron chi connectivity index (χ3n) is 3.48. The molecule has 2 rings (SSSR count). The molecule has 100 valence electrons. The number of benzene rings is 1. The summed E-state index contributed by atoms with van der Waals surface area (Å²) in [6.45, 7) is 3.87. The Morgan fingerprint density at radius 1 is 1.05 bits per heavy atom. The quantitative estimate of drug-likeness (QED) is 0.764. The zero-order valence-electron chi connectivity index (χ0n) is 11.4. The molecule has 1 aliphatic carbocycles. The van der Waals surface area contributed by atoms with Gasteiger partial charge in [0.15, 0.2) is 0 Å². The first-order chi connectivity index (χ1) is 9.01. The first kappa shape index (κ1) is 13.3. The second-order valence-corrected chi connectivity index (χ2v) is 4.57. The molecule has 4 heteroatoms. The van der Waals surface area contributed by atoms with Gasteiger partial charge in [0.25, 0.3) is 0 Å². The van der Waals surface area contributed by atoms with Crippen molar-refractivity contribution in [3.8, 4) is 0 Å². The molecule has 1 aromatic carbocycles. The summed E-state index contributed by atoms with van der Waals surface area (Å²) in [5, 5.41) is 0. The minimum Gasteiger partial charge on any atom is -0.468 e. The molecule has 1 unspecified atom stereocenters. The Kier molecular flexibility index (Phi) is 3.42. The summed E-state index contributed by atoms with van der Waals surface area (Å²) in [5.74, 6) is -1.62. The van der Waals surface area contributed by atoms with Crippen LogP contribution in [0.4, 0.5) is 0 Å². The van der Waals surface area contributed by atoms with Crippen LogP contribution in [0.2, 0.25) is 0 Å². The van der Waals surface area contributed by atoms with Crippen molar-refractivity contribution < 1.29 is 19.1 Å². The summed E-state index contributed by atoms with van der Waals surface area (Å²) in [5.41, 5.74) is 4.07. The van der Waals surface area contributed by atoms with Gasteiger partial charge in [-0.3, -0.25) is 4.79 Å². The van der Waals surface area contributed by atoms with Gasteiger partial charge >= 0.3 is 11.9 Å². The highest BCUT2D eigenvalue weighted by atomic mass is 16.5. The zero-order chi connectivity index (χ0) is 14.2. The van der Waals surface area contributed by atoms with E-state index in [2.05, 4.69) is 0 Å². The molecule has 0 saturated heterocycles. The summed E-state index contributed by atoms with van der Waals surface area (Å²) in [7, 11) is 2.63. The highest BCUT2D eigenvalue weighted by molar-refractivity contribution is 6.06. The Morgan fingerprint density at radius 2 is 1.68 bits per heavy atom. The van der Waals surface area contributed by atoms with Crippen molar-refractivity contribution in [3.05, 3.63) is 40.0 Å². The van der Waals surface area contributed by atoms with Gasteiger partial charge in [-0.05, 0) is 42.2 Å². The lowest BCUT2D eigenvalue weighted by Crippen LogP contribution is -2.20. The van der Waals surface area contributed by atoms with E-state index in [4.69, 9.17) is 9.47 Å². The number of carbonyl (C=O) groups is 2. The molecule has 1 aromatic rings. The highest BCUT2D eigenvalue weighted by Crippen LogP contribution is 2.41. The van der Waals surface area contributed by atoms with Crippen LogP contribution in [0.3, 0.4) is 0 Å². The predicted molar refractivity (Wildman–Crippen MR) is 70.7 cm³/mol. The van der Waals surface area contributed by atoms with E-state index < -0.39 is 17.9 Å². The van der Waals surface area contributed by atoms with E-state index in [1.807, 2.05) is 26.0 Å². The number of carbonyl (C=O) groups excluding carboxylic acids is 2. The van der Waals surface area contributed by atoms with Gasteiger partial charge in [0.2, 0.25) is 0 Å². The molecule has 0 heterocycles. The molecule has 0 aliphatic heterocycles. The predicted octanol–water partition coefficient (Wildman–Crippen LogP) is 2.13. The van der Waals surface area contributed by atoms with Crippen LogP contribution in [0, 0.1) is 13.8 Å². The van der Waals surface area contributed by atoms with E-state index in [9.17, 15) is 9.59 Å². The third-order valence-corrected chi connectivity index (χ3v) is 3.48. The first-order valence-electron chi connectivity index (χ1n) is 5.99. The molecule has 1 aliphatic rings. The van der Waals surface area contributed by atoms with Gasteiger partial charge in [-0.1, -0.05) is 12.1 Å². The number of fused-ring (bicyclic) bond motifs is 1. The molecule has 0 aromatic heterocycles. The number of aryl methyl sites for hydroxylation is 2. The van der Waals surface area contributed by atoms with Crippen LogP contribution in [0.15, 0.2) is 17.7 Å². The van der Waals surface area contributed by atoms with Crippen molar-refractivity contribution in [2.75, 3.05) is 14.2 Å². The summed E-state index contributed by atoms with van der Waals surface area (Å²) >= 11 is 0. The second kappa shape index (κ2) is 4.88. The largest absolute Gasteiger partial charge is 0.468 e. The molecule has 0 N–H and O–H groups in total. The van der Waals surface area contributed by atoms with Crippen LogP contribution in [0.25, 0.3) is 6.08 Å². The van der Waals surface area contributed by atoms with Gasteiger partial charge in [0.1, 0.15) is 5.92 Å². The number of esters is 2. The fourth-order valence-electron chi connectivity index (χ4n) is 2.48. The van der Waals surface area contributed by atoms with E-state index in [0.717, 1.165) is 22.3 Å². The second-order valence-electron chi connectivity index (χ2n) is 4.57. The lowest BCUT2D eigenvalue weighted by atomic mass is 9.90. The Hall–Kier alpha value is -2.10. The average molecular weight is 260 g/mol. The number of hydrogen-bond donors (Lipinski definition) is 0. The Bertz CT molecular complexity index is 584. The van der Waals surface area contributed by atoms with Crippen molar-refractivity contribution in [1.29, 1.82) is 0 Å². The molecule has 0 bridgehead atoms. The SMILES string of the molecule is COC(=O)C1=Cc2c(C)ccc(C)c2C1C(=O)OC. The van der Waals surface area contributed by atoms with Crippen LogP contribution < -0.4 is 0 Å². The number of hydrogen-bond acceptors (Lipinski definition) is 4. The maximum absolute atomic E-state index is 12.0. The van der Waals surface area contributed by atoms with E-state index in [1.54, 1.807) is 6.08 Å². The maximum Gasteiger partial charge on any atom is 0.334 e. The van der Waals surface area contributed by atoms with Gasteiger partial charge < -0.3 is 9.47 Å². The monoisotopic (exact) mass is 260 g/mol. The van der Waals surface area contributed by atoms with Crippen LogP contribution >= 0.6 is 0 Å². The van der Waals surface area contributed by atoms with E-state index >= 15 is 0 Å². The fraction of sp³-hybridized carbons (Fsp3) is 0.333. The third kappa shape index (κ3) is 2.03. The minimum atomic E-state index is -0.688. The zero-order valence-corrected chi connectivity index (χ0v) is 11.4. The lowest BCUT2D eigenvalue weighted by Gasteiger charge is -2.15. The molecule has 19 heavy (non-hydrogen) atoms. The molecule has 4 nitrogen and oxygen atoms in total. The molecule has 0 spiro atoms. The van der Waals surface area contributed by atoms with E-state index in [0.29, 0.717) is 5.57 Å². The Morgan fingerprint density at radius 3 is 2.26 bits per heavy atom. The van der Waals surface area contributed by atoms with Crippen LogP contribution in [0.1, 0.15) is 28.2 Å². The maximum atomic E-state index is 12.0. The van der Waals surface area contributed by atoms with Crippen molar-refractivity contribution in [3.63, 3.8) is 0 Å².